The first-order valence-corrected chi connectivity index (χ1v) is 10.1. The lowest BCUT2D eigenvalue weighted by molar-refractivity contribution is 0.0522. The van der Waals surface area contributed by atoms with Gasteiger partial charge in [-0.3, -0.25) is 9.82 Å². The zero-order chi connectivity index (χ0) is 19.4. The summed E-state index contributed by atoms with van der Waals surface area (Å²) in [5.41, 5.74) is 0.181. The molecule has 3 aromatic rings. The summed E-state index contributed by atoms with van der Waals surface area (Å²) in [5, 5.41) is 14.1. The van der Waals surface area contributed by atoms with E-state index in [0.717, 1.165) is 11.1 Å². The van der Waals surface area contributed by atoms with Crippen LogP contribution in [0.25, 0.3) is 0 Å². The number of hydrogen-bond acceptors (Lipinski definition) is 8. The Morgan fingerprint density at radius 1 is 1.33 bits per heavy atom. The number of carbonyl (C=O) groups excluding carboxylic acids is 1. The number of carbonyl (C=O) groups is 1. The Morgan fingerprint density at radius 3 is 2.70 bits per heavy atom. The van der Waals surface area contributed by atoms with Gasteiger partial charge in [-0.2, -0.15) is 13.5 Å². The van der Waals surface area contributed by atoms with E-state index >= 15 is 0 Å². The van der Waals surface area contributed by atoms with Crippen molar-refractivity contribution >= 4 is 33.4 Å². The Hall–Kier alpha value is -2.86. The number of ether oxygens (including phenoxy) is 1. The summed E-state index contributed by atoms with van der Waals surface area (Å²) >= 11 is 1.39. The second kappa shape index (κ2) is 7.80. The van der Waals surface area contributed by atoms with Crippen LogP contribution in [0.15, 0.2) is 51.9 Å². The van der Waals surface area contributed by atoms with Crippen LogP contribution in [-0.4, -0.2) is 46.0 Å². The summed E-state index contributed by atoms with van der Waals surface area (Å²) in [4.78, 5) is 12.7. The highest BCUT2D eigenvalue weighted by atomic mass is 32.2. The SMILES string of the molecule is CCOC(=O)c1cn[nH]c1S(=O)(=O)Nc1ccc(Sc2nncn2C)cc1. The first-order chi connectivity index (χ1) is 12.9. The summed E-state index contributed by atoms with van der Waals surface area (Å²) in [6.45, 7) is 1.76. The molecule has 2 heterocycles. The smallest absolute Gasteiger partial charge is 0.342 e. The molecule has 2 N–H and O–H groups in total. The van der Waals surface area contributed by atoms with Crippen LogP contribution in [0.1, 0.15) is 17.3 Å². The molecule has 2 aromatic heterocycles. The van der Waals surface area contributed by atoms with Gasteiger partial charge in [0.2, 0.25) is 0 Å². The number of aromatic amines is 1. The van der Waals surface area contributed by atoms with Crippen molar-refractivity contribution in [2.45, 2.75) is 22.0 Å². The minimum atomic E-state index is -4.04. The highest BCUT2D eigenvalue weighted by Crippen LogP contribution is 2.27. The van der Waals surface area contributed by atoms with Crippen LogP contribution in [0.5, 0.6) is 0 Å². The Kier molecular flexibility index (Phi) is 5.46. The average molecular weight is 408 g/mol. The van der Waals surface area contributed by atoms with Crippen LogP contribution in [0.3, 0.4) is 0 Å². The van der Waals surface area contributed by atoms with Crippen LogP contribution >= 0.6 is 11.8 Å². The van der Waals surface area contributed by atoms with Crippen molar-refractivity contribution in [1.29, 1.82) is 0 Å². The van der Waals surface area contributed by atoms with Gasteiger partial charge in [0.05, 0.1) is 12.8 Å². The van der Waals surface area contributed by atoms with E-state index in [2.05, 4.69) is 25.1 Å². The zero-order valence-corrected chi connectivity index (χ0v) is 16.0. The number of sulfonamides is 1. The third-order valence-electron chi connectivity index (χ3n) is 3.35. The number of H-pyrrole nitrogens is 1. The number of rotatable bonds is 7. The van der Waals surface area contributed by atoms with Gasteiger partial charge in [0.25, 0.3) is 10.0 Å². The predicted octanol–water partition coefficient (Wildman–Crippen LogP) is 1.67. The lowest BCUT2D eigenvalue weighted by atomic mass is 10.3. The molecule has 3 rings (SSSR count). The highest BCUT2D eigenvalue weighted by molar-refractivity contribution is 7.99. The summed E-state index contributed by atoms with van der Waals surface area (Å²) in [5.74, 6) is -0.762. The van der Waals surface area contributed by atoms with Crippen molar-refractivity contribution in [2.24, 2.45) is 7.05 Å². The fourth-order valence-electron chi connectivity index (χ4n) is 2.10. The first-order valence-electron chi connectivity index (χ1n) is 7.76. The summed E-state index contributed by atoms with van der Waals surface area (Å²) in [6, 6.07) is 6.71. The summed E-state index contributed by atoms with van der Waals surface area (Å²) in [6.07, 6.45) is 2.71. The molecule has 0 saturated carbocycles. The van der Waals surface area contributed by atoms with Crippen molar-refractivity contribution in [1.82, 2.24) is 25.0 Å². The predicted molar refractivity (Wildman–Crippen MR) is 96.9 cm³/mol. The quantitative estimate of drug-likeness (QED) is 0.564. The highest BCUT2D eigenvalue weighted by Gasteiger charge is 2.26. The van der Waals surface area contributed by atoms with Crippen LogP contribution in [0.4, 0.5) is 5.69 Å². The molecular formula is C15H16N6O4S2. The lowest BCUT2D eigenvalue weighted by Crippen LogP contribution is -2.17. The minimum Gasteiger partial charge on any atom is -0.462 e. The van der Waals surface area contributed by atoms with Gasteiger partial charge >= 0.3 is 5.97 Å². The molecule has 0 aliphatic rings. The van der Waals surface area contributed by atoms with Crippen LogP contribution in [0.2, 0.25) is 0 Å². The summed E-state index contributed by atoms with van der Waals surface area (Å²) < 4.78 is 34.1. The molecule has 0 aliphatic carbocycles. The van der Waals surface area contributed by atoms with Crippen LogP contribution < -0.4 is 4.72 Å². The van der Waals surface area contributed by atoms with E-state index in [1.165, 1.54) is 11.8 Å². The van der Waals surface area contributed by atoms with E-state index in [9.17, 15) is 13.2 Å². The van der Waals surface area contributed by atoms with E-state index < -0.39 is 16.0 Å². The fraction of sp³-hybridized carbons (Fsp3) is 0.200. The number of anilines is 1. The number of aryl methyl sites for hydroxylation is 1. The third-order valence-corrected chi connectivity index (χ3v) is 5.77. The van der Waals surface area contributed by atoms with Gasteiger partial charge in [-0.25, -0.2) is 4.79 Å². The molecular weight excluding hydrogens is 392 g/mol. The molecule has 0 spiro atoms. The molecule has 0 saturated heterocycles. The van der Waals surface area contributed by atoms with Gasteiger partial charge in [0.15, 0.2) is 10.2 Å². The molecule has 0 radical (unpaired) electrons. The van der Waals surface area contributed by atoms with Gasteiger partial charge in [-0.15, -0.1) is 10.2 Å². The molecule has 10 nitrogen and oxygen atoms in total. The van der Waals surface area contributed by atoms with E-state index in [1.54, 1.807) is 42.1 Å². The van der Waals surface area contributed by atoms with Crippen molar-refractivity contribution in [3.63, 3.8) is 0 Å². The summed E-state index contributed by atoms with van der Waals surface area (Å²) in [7, 11) is -2.21. The first kappa shape index (κ1) is 18.9. The molecule has 0 unspecified atom stereocenters. The Morgan fingerprint density at radius 2 is 2.07 bits per heavy atom. The Labute approximate surface area is 159 Å². The Balaban J connectivity index is 1.76. The number of hydrogen-bond donors (Lipinski definition) is 2. The van der Waals surface area contributed by atoms with Crippen molar-refractivity contribution in [3.05, 3.63) is 42.4 Å². The van der Waals surface area contributed by atoms with E-state index in [0.29, 0.717) is 10.8 Å². The van der Waals surface area contributed by atoms with Crippen molar-refractivity contribution in [2.75, 3.05) is 11.3 Å². The van der Waals surface area contributed by atoms with Gasteiger partial charge in [0.1, 0.15) is 11.9 Å². The maximum Gasteiger partial charge on any atom is 0.342 e. The topological polar surface area (TPSA) is 132 Å². The molecule has 142 valence electrons. The molecule has 0 fully saturated rings. The molecule has 0 atom stereocenters. The second-order valence-corrected chi connectivity index (χ2v) is 7.95. The molecule has 1 aromatic carbocycles. The number of benzene rings is 1. The number of esters is 1. The monoisotopic (exact) mass is 408 g/mol. The van der Waals surface area contributed by atoms with Gasteiger partial charge in [0, 0.05) is 17.6 Å². The van der Waals surface area contributed by atoms with Crippen LogP contribution in [0, 0.1) is 0 Å². The molecule has 0 bridgehead atoms. The van der Waals surface area contributed by atoms with Gasteiger partial charge in [-0.1, -0.05) is 0 Å². The number of nitrogens with one attached hydrogen (secondary N) is 2. The zero-order valence-electron chi connectivity index (χ0n) is 14.4. The third kappa shape index (κ3) is 4.28. The van der Waals surface area contributed by atoms with Gasteiger partial charge < -0.3 is 9.30 Å². The van der Waals surface area contributed by atoms with Crippen molar-refractivity contribution in [3.8, 4) is 0 Å². The molecule has 12 heteroatoms. The Bertz CT molecular complexity index is 1040. The number of aromatic nitrogens is 5. The largest absolute Gasteiger partial charge is 0.462 e. The average Bonchev–Trinajstić information content (AvgIpc) is 3.27. The van der Waals surface area contributed by atoms with Gasteiger partial charge in [-0.05, 0) is 43.0 Å². The van der Waals surface area contributed by atoms with E-state index in [-0.39, 0.29) is 17.2 Å². The standard InChI is InChI=1S/C15H16N6O4S2/c1-3-25-14(22)12-8-16-18-13(12)27(23,24)20-10-4-6-11(7-5-10)26-15-19-17-9-21(15)2/h4-9,20H,3H2,1-2H3,(H,16,18). The van der Waals surface area contributed by atoms with E-state index in [1.807, 2.05) is 7.05 Å². The molecule has 0 aliphatic heterocycles. The normalized spacial score (nSPS) is 11.3. The van der Waals surface area contributed by atoms with E-state index in [4.69, 9.17) is 4.74 Å². The van der Waals surface area contributed by atoms with Crippen molar-refractivity contribution < 1.29 is 17.9 Å². The lowest BCUT2D eigenvalue weighted by Gasteiger charge is -2.09. The minimum absolute atomic E-state index is 0.127. The molecule has 0 amide bonds. The molecule has 27 heavy (non-hydrogen) atoms. The van der Waals surface area contributed by atoms with Crippen LogP contribution in [-0.2, 0) is 21.8 Å². The number of nitrogens with zero attached hydrogens (tertiary/aromatic N) is 4. The maximum absolute atomic E-state index is 12.6. The maximum atomic E-state index is 12.6. The fourth-order valence-corrected chi connectivity index (χ4v) is 4.01. The second-order valence-electron chi connectivity index (χ2n) is 5.29.